The predicted octanol–water partition coefficient (Wildman–Crippen LogP) is 1.22. The minimum absolute atomic E-state index is 0.0589. The van der Waals surface area contributed by atoms with Gasteiger partial charge in [0.25, 0.3) is 0 Å². The lowest BCUT2D eigenvalue weighted by atomic mass is 9.98. The Labute approximate surface area is 87.6 Å². The molecule has 84 valence electrons. The first-order valence-electron chi connectivity index (χ1n) is 5.38. The van der Waals surface area contributed by atoms with Crippen LogP contribution in [0.5, 0.6) is 0 Å². The summed E-state index contributed by atoms with van der Waals surface area (Å²) in [5, 5.41) is 0. The summed E-state index contributed by atoms with van der Waals surface area (Å²) in [6.45, 7) is 13.5. The van der Waals surface area contributed by atoms with Crippen LogP contribution in [-0.2, 0) is 4.74 Å². The number of nitrogens with zero attached hydrogens (tertiary/aromatic N) is 1. The largest absolute Gasteiger partial charge is 0.367 e. The molecule has 2 N–H and O–H groups in total. The lowest BCUT2D eigenvalue weighted by Crippen LogP contribution is -2.58. The monoisotopic (exact) mass is 200 g/mol. The Morgan fingerprint density at radius 3 is 2.00 bits per heavy atom. The molecule has 1 aliphatic heterocycles. The molecule has 0 amide bonds. The molecule has 1 aliphatic rings. The van der Waals surface area contributed by atoms with E-state index in [1.807, 2.05) is 0 Å². The van der Waals surface area contributed by atoms with Gasteiger partial charge in [-0.25, -0.2) is 0 Å². The predicted molar refractivity (Wildman–Crippen MR) is 59.3 cm³/mol. The zero-order chi connectivity index (χ0) is 11.0. The lowest BCUT2D eigenvalue weighted by molar-refractivity contribution is -0.180. The Bertz CT molecular complexity index is 183. The summed E-state index contributed by atoms with van der Waals surface area (Å²) < 4.78 is 5.99. The van der Waals surface area contributed by atoms with Gasteiger partial charge in [0.05, 0.1) is 11.2 Å². The van der Waals surface area contributed by atoms with Crippen LogP contribution >= 0.6 is 0 Å². The van der Waals surface area contributed by atoms with Crippen LogP contribution in [0.3, 0.4) is 0 Å². The third kappa shape index (κ3) is 3.56. The van der Waals surface area contributed by atoms with Crippen LogP contribution in [-0.4, -0.2) is 41.8 Å². The maximum Gasteiger partial charge on any atom is 0.0760 e. The van der Waals surface area contributed by atoms with Crippen LogP contribution in [0.4, 0.5) is 0 Å². The fourth-order valence-corrected chi connectivity index (χ4v) is 2.48. The number of nitrogens with two attached hydrogens (primary N) is 1. The summed E-state index contributed by atoms with van der Waals surface area (Å²) in [5.74, 6) is 0. The highest BCUT2D eigenvalue weighted by Gasteiger charge is 2.37. The first kappa shape index (κ1) is 12.0. The van der Waals surface area contributed by atoms with Crippen molar-refractivity contribution in [2.45, 2.75) is 51.9 Å². The van der Waals surface area contributed by atoms with Crippen LogP contribution in [0.15, 0.2) is 0 Å². The second-order valence-electron chi connectivity index (χ2n) is 5.77. The van der Waals surface area contributed by atoms with Gasteiger partial charge >= 0.3 is 0 Å². The number of ether oxygens (including phenoxy) is 1. The minimum Gasteiger partial charge on any atom is -0.367 e. The fourth-order valence-electron chi connectivity index (χ4n) is 2.48. The maximum absolute atomic E-state index is 5.99. The molecule has 3 nitrogen and oxygen atoms in total. The Balaban J connectivity index is 2.62. The highest BCUT2D eigenvalue weighted by atomic mass is 16.5. The topological polar surface area (TPSA) is 38.5 Å². The van der Waals surface area contributed by atoms with E-state index in [1.165, 1.54) is 0 Å². The van der Waals surface area contributed by atoms with Crippen molar-refractivity contribution in [2.75, 3.05) is 19.6 Å². The number of rotatable bonds is 2. The molecule has 0 spiro atoms. The molecule has 0 saturated carbocycles. The molecule has 1 fully saturated rings. The molecule has 0 aromatic rings. The summed E-state index contributed by atoms with van der Waals surface area (Å²) in [5.41, 5.74) is 5.70. The van der Waals surface area contributed by atoms with E-state index in [9.17, 15) is 0 Å². The van der Waals surface area contributed by atoms with Crippen molar-refractivity contribution >= 4 is 0 Å². The third-order valence-electron chi connectivity index (χ3n) is 2.31. The standard InChI is InChI=1S/C11H24N2O/c1-9(12)6-13-7-10(2,3)14-11(4,5)8-13/h9H,6-8,12H2,1-5H3/t9-/m1/s1. The van der Waals surface area contributed by atoms with Crippen LogP contribution in [0, 0.1) is 0 Å². The summed E-state index contributed by atoms with van der Waals surface area (Å²) >= 11 is 0. The molecule has 1 rings (SSSR count). The van der Waals surface area contributed by atoms with E-state index in [4.69, 9.17) is 10.5 Å². The second kappa shape index (κ2) is 3.80. The van der Waals surface area contributed by atoms with Crippen LogP contribution in [0.1, 0.15) is 34.6 Å². The smallest absolute Gasteiger partial charge is 0.0760 e. The van der Waals surface area contributed by atoms with Crippen LogP contribution in [0.2, 0.25) is 0 Å². The molecule has 0 aromatic heterocycles. The van der Waals surface area contributed by atoms with Gasteiger partial charge in [0.2, 0.25) is 0 Å². The molecule has 0 bridgehead atoms. The molecule has 0 aromatic carbocycles. The van der Waals surface area contributed by atoms with Gasteiger partial charge in [-0.15, -0.1) is 0 Å². The van der Waals surface area contributed by atoms with E-state index < -0.39 is 0 Å². The van der Waals surface area contributed by atoms with Crippen molar-refractivity contribution in [3.8, 4) is 0 Å². The number of hydrogen-bond donors (Lipinski definition) is 1. The SMILES string of the molecule is C[C@@H](N)CN1CC(C)(C)OC(C)(C)C1. The van der Waals surface area contributed by atoms with Crippen molar-refractivity contribution in [3.05, 3.63) is 0 Å². The van der Waals surface area contributed by atoms with Crippen LogP contribution in [0.25, 0.3) is 0 Å². The van der Waals surface area contributed by atoms with Crippen LogP contribution < -0.4 is 5.73 Å². The van der Waals surface area contributed by atoms with Gasteiger partial charge in [0.15, 0.2) is 0 Å². The molecule has 0 aliphatic carbocycles. The molecule has 0 radical (unpaired) electrons. The van der Waals surface area contributed by atoms with Gasteiger partial charge in [0.1, 0.15) is 0 Å². The summed E-state index contributed by atoms with van der Waals surface area (Å²) in [6, 6.07) is 0.236. The minimum atomic E-state index is -0.0589. The molecule has 14 heavy (non-hydrogen) atoms. The number of hydrogen-bond acceptors (Lipinski definition) is 3. The van der Waals surface area contributed by atoms with Crippen molar-refractivity contribution in [3.63, 3.8) is 0 Å². The van der Waals surface area contributed by atoms with Gasteiger partial charge in [-0.05, 0) is 34.6 Å². The average molecular weight is 200 g/mol. The van der Waals surface area contributed by atoms with E-state index in [-0.39, 0.29) is 17.2 Å². The van der Waals surface area contributed by atoms with Gasteiger partial charge < -0.3 is 10.5 Å². The van der Waals surface area contributed by atoms with Gasteiger partial charge in [-0.1, -0.05) is 0 Å². The molecule has 0 unspecified atom stereocenters. The Hall–Kier alpha value is -0.120. The zero-order valence-electron chi connectivity index (χ0n) is 10.1. The van der Waals surface area contributed by atoms with E-state index in [0.717, 1.165) is 19.6 Å². The second-order valence-corrected chi connectivity index (χ2v) is 5.77. The summed E-state index contributed by atoms with van der Waals surface area (Å²) in [7, 11) is 0. The molecule has 1 atom stereocenters. The quantitative estimate of drug-likeness (QED) is 0.728. The highest BCUT2D eigenvalue weighted by molar-refractivity contribution is 4.89. The Morgan fingerprint density at radius 2 is 1.64 bits per heavy atom. The van der Waals surface area contributed by atoms with Gasteiger partial charge in [0, 0.05) is 25.7 Å². The van der Waals surface area contributed by atoms with Gasteiger partial charge in [-0.3, -0.25) is 4.90 Å². The Morgan fingerprint density at radius 1 is 1.21 bits per heavy atom. The molecule has 1 heterocycles. The molecule has 1 saturated heterocycles. The first-order valence-corrected chi connectivity index (χ1v) is 5.38. The third-order valence-corrected chi connectivity index (χ3v) is 2.31. The summed E-state index contributed by atoms with van der Waals surface area (Å²) in [4.78, 5) is 2.40. The van der Waals surface area contributed by atoms with E-state index in [1.54, 1.807) is 0 Å². The first-order chi connectivity index (χ1) is 6.20. The summed E-state index contributed by atoms with van der Waals surface area (Å²) in [6.07, 6.45) is 0. The fraction of sp³-hybridized carbons (Fsp3) is 1.00. The average Bonchev–Trinajstić information content (AvgIpc) is 1.74. The molecular weight excluding hydrogens is 176 g/mol. The van der Waals surface area contributed by atoms with E-state index in [2.05, 4.69) is 39.5 Å². The Kier molecular flexibility index (Phi) is 3.24. The maximum atomic E-state index is 5.99. The van der Waals surface area contributed by atoms with Gasteiger partial charge in [-0.2, -0.15) is 0 Å². The molecule has 3 heteroatoms. The highest BCUT2D eigenvalue weighted by Crippen LogP contribution is 2.27. The normalized spacial score (nSPS) is 28.7. The lowest BCUT2D eigenvalue weighted by Gasteiger charge is -2.47. The molecular formula is C11H24N2O. The zero-order valence-corrected chi connectivity index (χ0v) is 10.1. The van der Waals surface area contributed by atoms with Crippen molar-refractivity contribution in [2.24, 2.45) is 5.73 Å². The van der Waals surface area contributed by atoms with E-state index in [0.29, 0.717) is 0 Å². The van der Waals surface area contributed by atoms with Crippen molar-refractivity contribution in [1.82, 2.24) is 4.90 Å². The van der Waals surface area contributed by atoms with E-state index >= 15 is 0 Å². The van der Waals surface area contributed by atoms with Crippen molar-refractivity contribution < 1.29 is 4.74 Å². The number of morpholine rings is 1. The van der Waals surface area contributed by atoms with Crippen molar-refractivity contribution in [1.29, 1.82) is 0 Å².